The van der Waals surface area contributed by atoms with E-state index >= 15 is 0 Å². The lowest BCUT2D eigenvalue weighted by atomic mass is 9.43. The summed E-state index contributed by atoms with van der Waals surface area (Å²) < 4.78 is 36.7. The van der Waals surface area contributed by atoms with Gasteiger partial charge in [0.25, 0.3) is 0 Å². The maximum Gasteiger partial charge on any atom is 0.461 e. The summed E-state index contributed by atoms with van der Waals surface area (Å²) in [7, 11) is 4.73. The van der Waals surface area contributed by atoms with E-state index in [2.05, 4.69) is 31.1 Å². The fourth-order valence-electron chi connectivity index (χ4n) is 7.95. The number of methoxy groups -OCH3 is 1. The summed E-state index contributed by atoms with van der Waals surface area (Å²) in [6, 6.07) is 5.17. The predicted octanol–water partition coefficient (Wildman–Crippen LogP) is 4.12. The number of rotatable bonds is 16. The number of carbonyl (C=O) groups excluding carboxylic acids is 3. The van der Waals surface area contributed by atoms with Crippen molar-refractivity contribution in [1.82, 2.24) is 19.9 Å². The van der Waals surface area contributed by atoms with Crippen LogP contribution in [-0.4, -0.2) is 96.6 Å². The van der Waals surface area contributed by atoms with E-state index in [4.69, 9.17) is 28.3 Å². The Bertz CT molecular complexity index is 1530. The smallest absolute Gasteiger partial charge is 0.461 e. The first-order chi connectivity index (χ1) is 23.1. The van der Waals surface area contributed by atoms with Gasteiger partial charge in [0.1, 0.15) is 17.9 Å². The molecule has 0 unspecified atom stereocenters. The standard InChI is InChI=1S/C35H51BN4O9/c1-10-47-34(4,5)32(43)46-21-45-31(42)27-13-11-12-22(30(27)44-9)14-24(17-26(41)20-40-19-25(37-38-40)18-39(7)8)36-48-29-16-23-15-28(33(23,2)3)35(29,6)49-36/h11-13,19,23-24,28-29H,10,14-18,20-21H2,1-9H3/t23-,24+,28-,29+,35-/m0/s1. The van der Waals surface area contributed by atoms with E-state index in [-0.39, 0.29) is 41.6 Å². The van der Waals surface area contributed by atoms with Crippen LogP contribution in [0.3, 0.4) is 0 Å². The first kappa shape index (κ1) is 36.9. The molecule has 1 saturated heterocycles. The number of nitrogens with zero attached hydrogens (tertiary/aromatic N) is 4. The number of benzene rings is 1. The lowest BCUT2D eigenvalue weighted by molar-refractivity contribution is -0.199. The fourth-order valence-corrected chi connectivity index (χ4v) is 7.95. The van der Waals surface area contributed by atoms with Crippen LogP contribution in [0.4, 0.5) is 0 Å². The fraction of sp³-hybridized carbons (Fsp3) is 0.686. The van der Waals surface area contributed by atoms with E-state index in [1.54, 1.807) is 43.8 Å². The molecule has 2 heterocycles. The molecule has 13 nitrogen and oxygen atoms in total. The quantitative estimate of drug-likeness (QED) is 0.143. The Morgan fingerprint density at radius 3 is 2.59 bits per heavy atom. The molecular weight excluding hydrogens is 631 g/mol. The molecule has 2 aromatic rings. The normalized spacial score (nSPS) is 24.6. The number of Topliss-reactive ketones (excluding diaryl/α,β-unsaturated/α-hetero) is 1. The number of ether oxygens (including phenoxy) is 4. The highest BCUT2D eigenvalue weighted by Gasteiger charge is 2.68. The second-order valence-electron chi connectivity index (χ2n) is 15.1. The summed E-state index contributed by atoms with van der Waals surface area (Å²) in [5, 5.41) is 8.36. The van der Waals surface area contributed by atoms with Gasteiger partial charge in [-0.1, -0.05) is 31.2 Å². The average molecular weight is 683 g/mol. The van der Waals surface area contributed by atoms with Crippen LogP contribution in [0.1, 0.15) is 82.4 Å². The molecule has 1 aliphatic heterocycles. The van der Waals surface area contributed by atoms with Gasteiger partial charge in [-0.15, -0.1) is 5.10 Å². The van der Waals surface area contributed by atoms with E-state index in [1.807, 2.05) is 25.1 Å². The number of aromatic nitrogens is 3. The van der Waals surface area contributed by atoms with Crippen LogP contribution in [-0.2, 0) is 52.6 Å². The Hall–Kier alpha value is -3.33. The van der Waals surface area contributed by atoms with Crippen molar-refractivity contribution in [2.75, 3.05) is 34.6 Å². The van der Waals surface area contributed by atoms with Gasteiger partial charge in [0, 0.05) is 25.4 Å². The summed E-state index contributed by atoms with van der Waals surface area (Å²) in [6.07, 6.45) is 4.24. The highest BCUT2D eigenvalue weighted by atomic mass is 16.7. The SMILES string of the molecule is CCOC(C)(C)C(=O)OCOC(=O)c1cccc(C[C@H](CC(=O)Cn2cc(CN(C)C)nn2)B2O[C@@H]3C[C@@H]4C[C@@H](C4(C)C)[C@]3(C)O2)c1OC. The van der Waals surface area contributed by atoms with Crippen LogP contribution < -0.4 is 4.74 Å². The van der Waals surface area contributed by atoms with Gasteiger partial charge in [0.15, 0.2) is 11.4 Å². The lowest BCUT2D eigenvalue weighted by Crippen LogP contribution is -2.65. The first-order valence-corrected chi connectivity index (χ1v) is 17.1. The molecule has 49 heavy (non-hydrogen) atoms. The monoisotopic (exact) mass is 682 g/mol. The van der Waals surface area contributed by atoms with E-state index in [0.29, 0.717) is 42.7 Å². The molecule has 1 aromatic heterocycles. The molecule has 0 radical (unpaired) electrons. The maximum atomic E-state index is 13.6. The molecule has 4 aliphatic rings. The largest absolute Gasteiger partial charge is 0.496 e. The minimum absolute atomic E-state index is 0.0468. The Labute approximate surface area is 289 Å². The number of carbonyl (C=O) groups is 3. The highest BCUT2D eigenvalue weighted by Crippen LogP contribution is 2.66. The second kappa shape index (κ2) is 14.5. The van der Waals surface area contributed by atoms with Gasteiger partial charge in [-0.2, -0.15) is 0 Å². The number of para-hydroxylation sites is 1. The van der Waals surface area contributed by atoms with E-state index < -0.39 is 37.1 Å². The third-order valence-electron chi connectivity index (χ3n) is 10.6. The average Bonchev–Trinajstić information content (AvgIpc) is 3.62. The molecular formula is C35H51BN4O9. The molecule has 268 valence electrons. The Morgan fingerprint density at radius 1 is 1.16 bits per heavy atom. The van der Waals surface area contributed by atoms with Gasteiger partial charge in [-0.3, -0.25) is 4.79 Å². The minimum atomic E-state index is -1.18. The van der Waals surface area contributed by atoms with Crippen LogP contribution in [0, 0.1) is 17.3 Å². The van der Waals surface area contributed by atoms with Gasteiger partial charge in [0.05, 0.1) is 30.7 Å². The van der Waals surface area contributed by atoms with Crippen molar-refractivity contribution in [1.29, 1.82) is 0 Å². The van der Waals surface area contributed by atoms with Crippen LogP contribution in [0.25, 0.3) is 0 Å². The summed E-state index contributed by atoms with van der Waals surface area (Å²) in [6.45, 7) is 12.1. The van der Waals surface area contributed by atoms with Gasteiger partial charge >= 0.3 is 19.1 Å². The van der Waals surface area contributed by atoms with Crippen molar-refractivity contribution in [3.05, 3.63) is 41.2 Å². The zero-order chi connectivity index (χ0) is 35.7. The maximum absolute atomic E-state index is 13.6. The third-order valence-corrected chi connectivity index (χ3v) is 10.6. The topological polar surface area (TPSA) is 141 Å². The van der Waals surface area contributed by atoms with Crippen molar-refractivity contribution in [2.45, 2.75) is 103 Å². The van der Waals surface area contributed by atoms with Crippen molar-refractivity contribution in [2.24, 2.45) is 17.3 Å². The summed E-state index contributed by atoms with van der Waals surface area (Å²) in [5.41, 5.74) is 0.158. The zero-order valence-corrected chi connectivity index (χ0v) is 30.3. The van der Waals surface area contributed by atoms with Gasteiger partial charge in [-0.25, -0.2) is 14.3 Å². The molecule has 1 aromatic carbocycles. The molecule has 14 heteroatoms. The van der Waals surface area contributed by atoms with Crippen molar-refractivity contribution < 1.29 is 42.6 Å². The van der Waals surface area contributed by atoms with Gasteiger partial charge in [-0.05, 0) is 89.9 Å². The number of ketones is 1. The molecule has 0 amide bonds. The van der Waals surface area contributed by atoms with E-state index in [0.717, 1.165) is 18.5 Å². The summed E-state index contributed by atoms with van der Waals surface area (Å²) in [5.74, 6) is -0.564. The van der Waals surface area contributed by atoms with Crippen LogP contribution in [0.2, 0.25) is 5.82 Å². The molecule has 0 N–H and O–H groups in total. The second-order valence-corrected chi connectivity index (χ2v) is 15.1. The number of esters is 2. The molecule has 3 saturated carbocycles. The molecule has 4 fully saturated rings. The number of hydrogen-bond donors (Lipinski definition) is 0. The van der Waals surface area contributed by atoms with Gasteiger partial charge in [0.2, 0.25) is 6.79 Å². The van der Waals surface area contributed by atoms with Crippen molar-refractivity contribution >= 4 is 24.8 Å². The summed E-state index contributed by atoms with van der Waals surface area (Å²) >= 11 is 0. The third kappa shape index (κ3) is 7.72. The molecule has 5 atom stereocenters. The Morgan fingerprint density at radius 2 is 1.92 bits per heavy atom. The highest BCUT2D eigenvalue weighted by molar-refractivity contribution is 6.48. The lowest BCUT2D eigenvalue weighted by Gasteiger charge is -2.64. The molecule has 6 rings (SSSR count). The van der Waals surface area contributed by atoms with E-state index in [9.17, 15) is 14.4 Å². The van der Waals surface area contributed by atoms with Crippen LogP contribution in [0.5, 0.6) is 5.75 Å². The van der Waals surface area contributed by atoms with Gasteiger partial charge < -0.3 is 33.2 Å². The molecule has 0 spiro atoms. The van der Waals surface area contributed by atoms with Crippen LogP contribution in [0.15, 0.2) is 24.4 Å². The van der Waals surface area contributed by atoms with Crippen LogP contribution >= 0.6 is 0 Å². The minimum Gasteiger partial charge on any atom is -0.496 e. The molecule has 3 aliphatic carbocycles. The van der Waals surface area contributed by atoms with Crippen molar-refractivity contribution in [3.63, 3.8) is 0 Å². The summed E-state index contributed by atoms with van der Waals surface area (Å²) in [4.78, 5) is 41.2. The van der Waals surface area contributed by atoms with Crippen molar-refractivity contribution in [3.8, 4) is 5.75 Å². The van der Waals surface area contributed by atoms with E-state index in [1.165, 1.54) is 7.11 Å². The predicted molar refractivity (Wildman–Crippen MR) is 180 cm³/mol. The Balaban J connectivity index is 1.34. The molecule has 2 bridgehead atoms. The number of hydrogen-bond acceptors (Lipinski definition) is 12. The Kier molecular flexibility index (Phi) is 10.9. The first-order valence-electron chi connectivity index (χ1n) is 17.1. The zero-order valence-electron chi connectivity index (χ0n) is 30.3.